The number of hydrogen-bond acceptors (Lipinski definition) is 4. The van der Waals surface area contributed by atoms with E-state index in [4.69, 9.17) is 23.1 Å². The second kappa shape index (κ2) is 4.45. The topological polar surface area (TPSA) is 91.2 Å². The van der Waals surface area contributed by atoms with Gasteiger partial charge < -0.3 is 16.2 Å². The lowest BCUT2D eigenvalue weighted by Crippen LogP contribution is -2.14. The molecule has 0 radical (unpaired) electrons. The quantitative estimate of drug-likeness (QED) is 0.720. The molecule has 5 nitrogen and oxygen atoms in total. The summed E-state index contributed by atoms with van der Waals surface area (Å²) in [6, 6.07) is 1.27. The van der Waals surface area contributed by atoms with Gasteiger partial charge >= 0.3 is 0 Å². The van der Waals surface area contributed by atoms with Gasteiger partial charge in [-0.05, 0) is 12.9 Å². The lowest BCUT2D eigenvalue weighted by molar-refractivity contribution is -0.117. The van der Waals surface area contributed by atoms with Crippen LogP contribution in [0.5, 0.6) is 5.75 Å². The number of primary amides is 1. The number of rotatable bonds is 4. The maximum absolute atomic E-state index is 10.7. The third-order valence-electron chi connectivity index (χ3n) is 1.47. The molecule has 1 rings (SSSR count). The number of nitrogens with zero attached hydrogens (tertiary/aromatic N) is 1. The molecule has 0 unspecified atom stereocenters. The zero-order valence-corrected chi connectivity index (χ0v) is 7.28. The summed E-state index contributed by atoms with van der Waals surface area (Å²) >= 11 is 0. The molecule has 1 heterocycles. The minimum absolute atomic E-state index is 0.0284. The average Bonchev–Trinajstić information content (AvgIpc) is 2.19. The van der Waals surface area contributed by atoms with E-state index in [-0.39, 0.29) is 23.6 Å². The highest BCUT2D eigenvalue weighted by Crippen LogP contribution is 2.20. The molecular formula is C9H13N3O2. The van der Waals surface area contributed by atoms with E-state index in [1.54, 1.807) is 0 Å². The maximum Gasteiger partial charge on any atom is 0.223 e. The highest BCUT2D eigenvalue weighted by molar-refractivity contribution is 5.76. The van der Waals surface area contributed by atoms with E-state index >= 15 is 0 Å². The SMILES string of the molecule is [2H]C([2H])([2H])C([2H])([2H])Oc1cnc(CC(N)=O)cc1N. The predicted octanol–water partition coefficient (Wildman–Crippen LogP) is 0.0903. The highest BCUT2D eigenvalue weighted by Gasteiger charge is 2.04. The van der Waals surface area contributed by atoms with Gasteiger partial charge in [-0.2, -0.15) is 0 Å². The van der Waals surface area contributed by atoms with Crippen LogP contribution in [0.25, 0.3) is 0 Å². The van der Waals surface area contributed by atoms with Crippen molar-refractivity contribution in [3.63, 3.8) is 0 Å². The van der Waals surface area contributed by atoms with Gasteiger partial charge in [0, 0.05) is 4.11 Å². The molecule has 0 aliphatic heterocycles. The van der Waals surface area contributed by atoms with Crippen molar-refractivity contribution in [1.82, 2.24) is 4.98 Å². The van der Waals surface area contributed by atoms with Crippen LogP contribution < -0.4 is 16.2 Å². The van der Waals surface area contributed by atoms with Gasteiger partial charge in [-0.25, -0.2) is 0 Å². The minimum atomic E-state index is -2.97. The molecule has 14 heavy (non-hydrogen) atoms. The summed E-state index contributed by atoms with van der Waals surface area (Å²) in [5.74, 6) is -0.812. The first-order valence-corrected chi connectivity index (χ1v) is 3.74. The molecule has 1 amide bonds. The van der Waals surface area contributed by atoms with Gasteiger partial charge in [0.25, 0.3) is 0 Å². The number of nitrogen functional groups attached to an aromatic ring is 1. The highest BCUT2D eigenvalue weighted by atomic mass is 16.5. The Balaban J connectivity index is 2.95. The van der Waals surface area contributed by atoms with Crippen LogP contribution in [0.2, 0.25) is 0 Å². The Morgan fingerprint density at radius 3 is 3.21 bits per heavy atom. The first-order chi connectivity index (χ1) is 8.53. The van der Waals surface area contributed by atoms with E-state index in [0.29, 0.717) is 0 Å². The van der Waals surface area contributed by atoms with Gasteiger partial charge in [-0.1, -0.05) is 0 Å². The van der Waals surface area contributed by atoms with Crippen molar-refractivity contribution < 1.29 is 16.4 Å². The van der Waals surface area contributed by atoms with E-state index < -0.39 is 19.3 Å². The van der Waals surface area contributed by atoms with Crippen molar-refractivity contribution >= 4 is 11.6 Å². The molecule has 0 aliphatic rings. The fraction of sp³-hybridized carbons (Fsp3) is 0.333. The first-order valence-electron chi connectivity index (χ1n) is 6.24. The summed E-state index contributed by atoms with van der Waals surface area (Å²) in [4.78, 5) is 14.5. The summed E-state index contributed by atoms with van der Waals surface area (Å²) in [6.07, 6.45) is 0.924. The van der Waals surface area contributed by atoms with E-state index in [2.05, 4.69) is 4.98 Å². The van der Waals surface area contributed by atoms with Gasteiger partial charge in [-0.15, -0.1) is 0 Å². The van der Waals surface area contributed by atoms with Gasteiger partial charge in [-0.3, -0.25) is 9.78 Å². The summed E-state index contributed by atoms with van der Waals surface area (Å²) in [6.45, 7) is -5.86. The lowest BCUT2D eigenvalue weighted by Gasteiger charge is -2.06. The number of carbonyl (C=O) groups excluding carboxylic acids is 1. The number of amides is 1. The number of nitrogens with two attached hydrogens (primary N) is 2. The normalized spacial score (nSPS) is 17.0. The summed E-state index contributed by atoms with van der Waals surface area (Å²) in [5, 5.41) is 0. The number of pyridine rings is 1. The van der Waals surface area contributed by atoms with Crippen molar-refractivity contribution in [3.05, 3.63) is 18.0 Å². The summed E-state index contributed by atoms with van der Waals surface area (Å²) in [5.41, 5.74) is 10.8. The predicted molar refractivity (Wildman–Crippen MR) is 52.7 cm³/mol. The van der Waals surface area contributed by atoms with Gasteiger partial charge in [0.05, 0.1) is 33.3 Å². The number of carbonyl (C=O) groups is 1. The van der Waals surface area contributed by atoms with Crippen LogP contribution >= 0.6 is 0 Å². The van der Waals surface area contributed by atoms with Crippen LogP contribution in [0.15, 0.2) is 12.3 Å². The molecule has 76 valence electrons. The van der Waals surface area contributed by atoms with Crippen LogP contribution in [-0.4, -0.2) is 17.5 Å². The zero-order chi connectivity index (χ0) is 14.8. The molecule has 5 heteroatoms. The molecule has 0 bridgehead atoms. The third kappa shape index (κ3) is 2.62. The van der Waals surface area contributed by atoms with Crippen LogP contribution in [-0.2, 0) is 11.2 Å². The van der Waals surface area contributed by atoms with Crippen LogP contribution in [0.1, 0.15) is 19.4 Å². The Hall–Kier alpha value is -1.78. The number of anilines is 1. The van der Waals surface area contributed by atoms with E-state index in [9.17, 15) is 4.79 Å². The number of aromatic nitrogens is 1. The molecule has 0 saturated carbocycles. The molecule has 0 aromatic carbocycles. The fourth-order valence-corrected chi connectivity index (χ4v) is 0.919. The van der Waals surface area contributed by atoms with Crippen molar-refractivity contribution in [1.29, 1.82) is 0 Å². The molecule has 0 atom stereocenters. The largest absolute Gasteiger partial charge is 0.490 e. The molecular weight excluding hydrogens is 182 g/mol. The maximum atomic E-state index is 10.7. The Morgan fingerprint density at radius 2 is 2.64 bits per heavy atom. The second-order valence-electron chi connectivity index (χ2n) is 2.56. The van der Waals surface area contributed by atoms with Gasteiger partial charge in [0.2, 0.25) is 5.91 Å². The lowest BCUT2D eigenvalue weighted by atomic mass is 10.2. The molecule has 0 saturated heterocycles. The monoisotopic (exact) mass is 200 g/mol. The van der Waals surface area contributed by atoms with E-state index in [1.165, 1.54) is 6.07 Å². The summed E-state index contributed by atoms with van der Waals surface area (Å²) < 4.78 is 40.3. The van der Waals surface area contributed by atoms with Crippen molar-refractivity contribution in [2.45, 2.75) is 13.3 Å². The van der Waals surface area contributed by atoms with E-state index in [1.807, 2.05) is 0 Å². The van der Waals surface area contributed by atoms with Crippen LogP contribution in [0.4, 0.5) is 5.69 Å². The summed E-state index contributed by atoms with van der Waals surface area (Å²) in [7, 11) is 0. The molecule has 0 aliphatic carbocycles. The zero-order valence-electron chi connectivity index (χ0n) is 12.3. The Bertz CT molecular complexity index is 489. The second-order valence-corrected chi connectivity index (χ2v) is 2.56. The standard InChI is InChI=1S/C9H13N3O2/c1-2-14-8-5-12-6(3-7(8)10)4-9(11)13/h3,5H,2,4H2,1H3,(H2,10,12)(H2,11,13)/i1D3,2D2. The fourth-order valence-electron chi connectivity index (χ4n) is 0.919. The third-order valence-corrected chi connectivity index (χ3v) is 1.47. The van der Waals surface area contributed by atoms with Gasteiger partial charge in [0.1, 0.15) is 0 Å². The Labute approximate surface area is 89.1 Å². The number of hydrogen-bond donors (Lipinski definition) is 2. The molecule has 1 aromatic rings. The smallest absolute Gasteiger partial charge is 0.223 e. The Kier molecular flexibility index (Phi) is 1.65. The average molecular weight is 200 g/mol. The van der Waals surface area contributed by atoms with E-state index in [0.717, 1.165) is 6.20 Å². The first kappa shape index (κ1) is 5.19. The van der Waals surface area contributed by atoms with Crippen molar-refractivity contribution in [2.75, 3.05) is 12.3 Å². The van der Waals surface area contributed by atoms with Crippen molar-refractivity contribution in [3.8, 4) is 5.75 Å². The molecule has 1 aromatic heterocycles. The number of ether oxygens (including phenoxy) is 1. The van der Waals surface area contributed by atoms with Crippen molar-refractivity contribution in [2.24, 2.45) is 5.73 Å². The van der Waals surface area contributed by atoms with Crippen LogP contribution in [0, 0.1) is 0 Å². The molecule has 0 fully saturated rings. The Morgan fingerprint density at radius 1 is 1.86 bits per heavy atom. The molecule has 4 N–H and O–H groups in total. The van der Waals surface area contributed by atoms with Gasteiger partial charge in [0.15, 0.2) is 5.75 Å². The molecule has 0 spiro atoms. The van der Waals surface area contributed by atoms with Crippen LogP contribution in [0.3, 0.4) is 0 Å². The minimum Gasteiger partial charge on any atom is -0.490 e.